The van der Waals surface area contributed by atoms with Gasteiger partial charge in [0.15, 0.2) is 12.3 Å². The van der Waals surface area contributed by atoms with Crippen LogP contribution in [0, 0.1) is 13.8 Å². The van der Waals surface area contributed by atoms with E-state index in [1.165, 1.54) is 0 Å². The second-order valence-electron chi connectivity index (χ2n) is 4.19. The highest BCUT2D eigenvalue weighted by atomic mass is 16.6. The molecule has 0 aliphatic carbocycles. The summed E-state index contributed by atoms with van der Waals surface area (Å²) in [5.41, 5.74) is 2.64. The second-order valence-corrected chi connectivity index (χ2v) is 4.19. The lowest BCUT2D eigenvalue weighted by Gasteiger charge is -2.07. The summed E-state index contributed by atoms with van der Waals surface area (Å²) in [6, 6.07) is 5.62. The number of nitrogens with zero attached hydrogens (tertiary/aromatic N) is 2. The molecule has 0 aliphatic rings. The van der Waals surface area contributed by atoms with Crippen molar-refractivity contribution in [1.82, 2.24) is 9.97 Å². The number of rotatable bonds is 4. The molecule has 2 aromatic rings. The maximum Gasteiger partial charge on any atom is 0.344 e. The fourth-order valence-corrected chi connectivity index (χ4v) is 1.83. The van der Waals surface area contributed by atoms with Crippen LogP contribution in [0.25, 0.3) is 11.0 Å². The predicted octanol–water partition coefficient (Wildman–Crippen LogP) is 2.19. The standard InChI is InChI=1S/C14H16N2O3/c1-4-18-13(17)8-19-12-6-5-11-9(2)7-10(3)15-14(11)16-12/h5-7H,4,8H2,1-3H3. The number of fused-ring (bicyclic) bond motifs is 1. The lowest BCUT2D eigenvalue weighted by molar-refractivity contribution is -0.145. The van der Waals surface area contributed by atoms with Gasteiger partial charge in [-0.05, 0) is 38.5 Å². The van der Waals surface area contributed by atoms with Gasteiger partial charge in [0, 0.05) is 17.1 Å². The van der Waals surface area contributed by atoms with E-state index in [9.17, 15) is 4.79 Å². The zero-order valence-electron chi connectivity index (χ0n) is 11.3. The summed E-state index contributed by atoms with van der Waals surface area (Å²) in [6.45, 7) is 5.88. The van der Waals surface area contributed by atoms with E-state index >= 15 is 0 Å². The van der Waals surface area contributed by atoms with E-state index in [4.69, 9.17) is 9.47 Å². The summed E-state index contributed by atoms with van der Waals surface area (Å²) in [5.74, 6) is -0.0316. The molecule has 2 rings (SSSR count). The molecule has 5 nitrogen and oxygen atoms in total. The molecule has 0 fully saturated rings. The zero-order valence-corrected chi connectivity index (χ0v) is 11.3. The van der Waals surface area contributed by atoms with Gasteiger partial charge in [-0.15, -0.1) is 0 Å². The molecule has 0 bridgehead atoms. The van der Waals surface area contributed by atoms with Gasteiger partial charge in [-0.25, -0.2) is 9.78 Å². The Kier molecular flexibility index (Phi) is 3.94. The molecule has 0 aliphatic heterocycles. The first-order valence-electron chi connectivity index (χ1n) is 6.13. The van der Waals surface area contributed by atoms with Gasteiger partial charge in [-0.2, -0.15) is 4.98 Å². The molecular weight excluding hydrogens is 244 g/mol. The SMILES string of the molecule is CCOC(=O)COc1ccc2c(C)cc(C)nc2n1. The molecule has 100 valence electrons. The van der Waals surface area contributed by atoms with Gasteiger partial charge in [0.05, 0.1) is 6.61 Å². The molecule has 0 saturated carbocycles. The van der Waals surface area contributed by atoms with E-state index in [0.717, 1.165) is 16.6 Å². The summed E-state index contributed by atoms with van der Waals surface area (Å²) >= 11 is 0. The number of carbonyl (C=O) groups is 1. The van der Waals surface area contributed by atoms with Gasteiger partial charge < -0.3 is 9.47 Å². The van der Waals surface area contributed by atoms with Crippen molar-refractivity contribution in [1.29, 1.82) is 0 Å². The van der Waals surface area contributed by atoms with Crippen LogP contribution in [0.1, 0.15) is 18.2 Å². The van der Waals surface area contributed by atoms with Gasteiger partial charge in [0.25, 0.3) is 0 Å². The van der Waals surface area contributed by atoms with Crippen molar-refractivity contribution in [3.8, 4) is 5.88 Å². The van der Waals surface area contributed by atoms with E-state index in [1.807, 2.05) is 26.0 Å². The third kappa shape index (κ3) is 3.19. The van der Waals surface area contributed by atoms with Gasteiger partial charge in [-0.1, -0.05) is 0 Å². The maximum absolute atomic E-state index is 11.2. The number of hydrogen-bond acceptors (Lipinski definition) is 5. The average Bonchev–Trinajstić information content (AvgIpc) is 2.36. The Bertz CT molecular complexity index is 611. The Labute approximate surface area is 111 Å². The molecule has 0 aromatic carbocycles. The van der Waals surface area contributed by atoms with E-state index in [0.29, 0.717) is 18.1 Å². The van der Waals surface area contributed by atoms with E-state index < -0.39 is 5.97 Å². The summed E-state index contributed by atoms with van der Waals surface area (Å²) in [7, 11) is 0. The van der Waals surface area contributed by atoms with Gasteiger partial charge >= 0.3 is 5.97 Å². The van der Waals surface area contributed by atoms with Crippen LogP contribution in [-0.4, -0.2) is 29.2 Å². The molecule has 0 radical (unpaired) electrons. The number of aromatic nitrogens is 2. The largest absolute Gasteiger partial charge is 0.466 e. The summed E-state index contributed by atoms with van der Waals surface area (Å²) in [5, 5.41) is 0.981. The minimum absolute atomic E-state index is 0.142. The highest BCUT2D eigenvalue weighted by Gasteiger charge is 2.07. The van der Waals surface area contributed by atoms with Crippen molar-refractivity contribution in [2.24, 2.45) is 0 Å². The van der Waals surface area contributed by atoms with Crippen molar-refractivity contribution in [2.45, 2.75) is 20.8 Å². The molecule has 2 aromatic heterocycles. The Hall–Kier alpha value is -2.17. The van der Waals surface area contributed by atoms with Crippen LogP contribution >= 0.6 is 0 Å². The highest BCUT2D eigenvalue weighted by Crippen LogP contribution is 2.19. The zero-order chi connectivity index (χ0) is 13.8. The van der Waals surface area contributed by atoms with Crippen LogP contribution in [0.2, 0.25) is 0 Å². The Morgan fingerprint density at radius 3 is 2.79 bits per heavy atom. The first-order chi connectivity index (χ1) is 9.10. The molecular formula is C14H16N2O3. The summed E-state index contributed by atoms with van der Waals surface area (Å²) in [6.07, 6.45) is 0. The lowest BCUT2D eigenvalue weighted by atomic mass is 10.1. The van der Waals surface area contributed by atoms with Gasteiger partial charge in [0.2, 0.25) is 5.88 Å². The van der Waals surface area contributed by atoms with Crippen LogP contribution in [0.4, 0.5) is 0 Å². The number of carbonyl (C=O) groups excluding carboxylic acids is 1. The number of esters is 1. The van der Waals surface area contributed by atoms with Crippen molar-refractivity contribution < 1.29 is 14.3 Å². The van der Waals surface area contributed by atoms with Crippen molar-refractivity contribution >= 4 is 17.0 Å². The van der Waals surface area contributed by atoms with Crippen molar-refractivity contribution in [2.75, 3.05) is 13.2 Å². The molecule has 5 heteroatoms. The molecule has 0 amide bonds. The predicted molar refractivity (Wildman–Crippen MR) is 71.1 cm³/mol. The molecule has 0 saturated heterocycles. The van der Waals surface area contributed by atoms with Crippen LogP contribution in [0.5, 0.6) is 5.88 Å². The maximum atomic E-state index is 11.2. The quantitative estimate of drug-likeness (QED) is 0.788. The normalized spacial score (nSPS) is 10.5. The number of aryl methyl sites for hydroxylation is 2. The molecule has 0 N–H and O–H groups in total. The highest BCUT2D eigenvalue weighted by molar-refractivity contribution is 5.79. The Balaban J connectivity index is 2.19. The first-order valence-corrected chi connectivity index (χ1v) is 6.13. The molecule has 0 atom stereocenters. The van der Waals surface area contributed by atoms with Gasteiger partial charge in [-0.3, -0.25) is 0 Å². The fraction of sp³-hybridized carbons (Fsp3) is 0.357. The third-order valence-electron chi connectivity index (χ3n) is 2.63. The Morgan fingerprint density at radius 2 is 2.05 bits per heavy atom. The molecule has 2 heterocycles. The minimum atomic E-state index is -0.405. The van der Waals surface area contributed by atoms with Crippen molar-refractivity contribution in [3.05, 3.63) is 29.5 Å². The first kappa shape index (κ1) is 13.3. The summed E-state index contributed by atoms with van der Waals surface area (Å²) in [4.78, 5) is 19.8. The minimum Gasteiger partial charge on any atom is -0.466 e. The monoisotopic (exact) mass is 260 g/mol. The number of pyridine rings is 2. The number of ether oxygens (including phenoxy) is 2. The summed E-state index contributed by atoms with van der Waals surface area (Å²) < 4.78 is 10.1. The van der Waals surface area contributed by atoms with Crippen LogP contribution in [0.15, 0.2) is 18.2 Å². The number of hydrogen-bond donors (Lipinski definition) is 0. The molecule has 19 heavy (non-hydrogen) atoms. The lowest BCUT2D eigenvalue weighted by Crippen LogP contribution is -2.15. The van der Waals surface area contributed by atoms with E-state index in [2.05, 4.69) is 9.97 Å². The molecule has 0 unspecified atom stereocenters. The van der Waals surface area contributed by atoms with E-state index in [-0.39, 0.29) is 6.61 Å². The van der Waals surface area contributed by atoms with E-state index in [1.54, 1.807) is 13.0 Å². The van der Waals surface area contributed by atoms with Crippen LogP contribution in [-0.2, 0) is 9.53 Å². The van der Waals surface area contributed by atoms with Crippen LogP contribution < -0.4 is 4.74 Å². The smallest absolute Gasteiger partial charge is 0.344 e. The van der Waals surface area contributed by atoms with Crippen molar-refractivity contribution in [3.63, 3.8) is 0 Å². The third-order valence-corrected chi connectivity index (χ3v) is 2.63. The van der Waals surface area contributed by atoms with Gasteiger partial charge in [0.1, 0.15) is 0 Å². The Morgan fingerprint density at radius 1 is 1.26 bits per heavy atom. The topological polar surface area (TPSA) is 61.3 Å². The fourth-order valence-electron chi connectivity index (χ4n) is 1.83. The molecule has 0 spiro atoms. The average molecular weight is 260 g/mol. The van der Waals surface area contributed by atoms with Crippen LogP contribution in [0.3, 0.4) is 0 Å². The second kappa shape index (κ2) is 5.65.